The highest BCUT2D eigenvalue weighted by atomic mass is 15.0. The summed E-state index contributed by atoms with van der Waals surface area (Å²) in [7, 11) is 0. The van der Waals surface area contributed by atoms with Crippen LogP contribution in [-0.4, -0.2) is 16.1 Å². The van der Waals surface area contributed by atoms with E-state index in [1.54, 1.807) is 6.20 Å². The Kier molecular flexibility index (Phi) is 11.5. The second-order valence-corrected chi connectivity index (χ2v) is 6.77. The molecule has 3 rings (SSSR count). The summed E-state index contributed by atoms with van der Waals surface area (Å²) in [5, 5.41) is 3.10. The average molecular weight is 394 g/mol. The van der Waals surface area contributed by atoms with Gasteiger partial charge in [-0.15, -0.1) is 6.58 Å². The maximum absolute atomic E-state index is 4.42. The van der Waals surface area contributed by atoms with Gasteiger partial charge in [-0.25, -0.2) is 4.98 Å². The van der Waals surface area contributed by atoms with Crippen molar-refractivity contribution in [2.24, 2.45) is 0 Å². The molecule has 1 aliphatic rings. The number of nitrogens with zero attached hydrogens (tertiary/aromatic N) is 2. The van der Waals surface area contributed by atoms with Crippen LogP contribution in [0.15, 0.2) is 73.3 Å². The van der Waals surface area contributed by atoms with Gasteiger partial charge in [-0.2, -0.15) is 0 Å². The molecule has 0 bridgehead atoms. The third-order valence-corrected chi connectivity index (χ3v) is 4.95. The van der Waals surface area contributed by atoms with Gasteiger partial charge in [0.25, 0.3) is 0 Å². The van der Waals surface area contributed by atoms with Gasteiger partial charge in [0.1, 0.15) is 0 Å². The Labute approximate surface area is 177 Å². The molecule has 0 saturated heterocycles. The first-order valence-electron chi connectivity index (χ1n) is 10.9. The first-order chi connectivity index (χ1) is 14.2. The molecule has 1 aliphatic carbocycles. The van der Waals surface area contributed by atoms with Crippen molar-refractivity contribution in [1.29, 1.82) is 0 Å². The molecule has 1 fully saturated rings. The molecule has 29 heavy (non-hydrogen) atoms. The molecular weight excluding hydrogens is 354 g/mol. The van der Waals surface area contributed by atoms with Crippen molar-refractivity contribution in [2.75, 3.05) is 6.54 Å². The Bertz CT molecular complexity index is 820. The molecule has 158 valence electrons. The maximum atomic E-state index is 4.42. The Balaban J connectivity index is 0.000000275. The van der Waals surface area contributed by atoms with Gasteiger partial charge in [0, 0.05) is 13.1 Å². The summed E-state index contributed by atoms with van der Waals surface area (Å²) in [6.07, 6.45) is 13.6. The predicted octanol–water partition coefficient (Wildman–Crippen LogP) is 7.15. The summed E-state index contributed by atoms with van der Waals surface area (Å²) in [6.45, 7) is 19.4. The monoisotopic (exact) mass is 393 g/mol. The van der Waals surface area contributed by atoms with E-state index in [1.165, 1.54) is 35.1 Å². The number of fused-ring (bicyclic) bond motifs is 1. The summed E-state index contributed by atoms with van der Waals surface area (Å²) >= 11 is 0. The molecule has 3 nitrogen and oxygen atoms in total. The normalized spacial score (nSPS) is 13.7. The van der Waals surface area contributed by atoms with Gasteiger partial charge in [0.2, 0.25) is 0 Å². The number of rotatable bonds is 8. The molecule has 1 aromatic carbocycles. The Morgan fingerprint density at radius 3 is 2.38 bits per heavy atom. The number of hydrogen-bond acceptors (Lipinski definition) is 2. The van der Waals surface area contributed by atoms with Gasteiger partial charge in [-0.05, 0) is 74.1 Å². The molecule has 0 atom stereocenters. The van der Waals surface area contributed by atoms with E-state index in [0.29, 0.717) is 0 Å². The highest BCUT2D eigenvalue weighted by molar-refractivity contribution is 5.76. The second kappa shape index (κ2) is 13.6. The van der Waals surface area contributed by atoms with Crippen LogP contribution in [0.2, 0.25) is 0 Å². The van der Waals surface area contributed by atoms with Gasteiger partial charge in [0.15, 0.2) is 0 Å². The fourth-order valence-corrected chi connectivity index (χ4v) is 3.24. The zero-order valence-electron chi connectivity index (χ0n) is 19.0. The van der Waals surface area contributed by atoms with E-state index in [1.807, 2.05) is 26.3 Å². The van der Waals surface area contributed by atoms with Crippen LogP contribution in [-0.2, 0) is 6.54 Å². The zero-order chi connectivity index (χ0) is 21.6. The van der Waals surface area contributed by atoms with Crippen molar-refractivity contribution in [1.82, 2.24) is 14.9 Å². The van der Waals surface area contributed by atoms with Crippen molar-refractivity contribution in [3.63, 3.8) is 0 Å². The number of hydrogen-bond donors (Lipinski definition) is 1. The SMILES string of the molecule is C=CCn1cnc2cc(C3CC3)ccc21.C=CNCC(=C\C)/C(=C/C)CC.CC. The number of benzene rings is 1. The van der Waals surface area contributed by atoms with E-state index in [9.17, 15) is 0 Å². The van der Waals surface area contributed by atoms with E-state index in [-0.39, 0.29) is 0 Å². The standard InChI is InChI=1S/C13H14N2.C11H19N.C2H6/c1-2-7-15-9-14-12-8-11(10-3-4-10)5-6-13(12)15;1-5-10(6-2)11(7-3)9-12-8-4;1-2/h2,5-6,8-10H,1,3-4,7H2;5,7-8,12H,4,6,9H2,1-3H3;1-2H3/b;10-5+,11-7+;. The maximum Gasteiger partial charge on any atom is 0.0961 e. The van der Waals surface area contributed by atoms with E-state index in [4.69, 9.17) is 0 Å². The lowest BCUT2D eigenvalue weighted by Crippen LogP contribution is -2.10. The van der Waals surface area contributed by atoms with Crippen LogP contribution in [0.4, 0.5) is 0 Å². The topological polar surface area (TPSA) is 29.9 Å². The molecule has 0 unspecified atom stereocenters. The minimum Gasteiger partial charge on any atom is -0.387 e. The summed E-state index contributed by atoms with van der Waals surface area (Å²) in [5.41, 5.74) is 6.54. The van der Waals surface area contributed by atoms with Gasteiger partial charge in [0.05, 0.1) is 17.4 Å². The van der Waals surface area contributed by atoms with Gasteiger partial charge >= 0.3 is 0 Å². The largest absolute Gasteiger partial charge is 0.387 e. The molecule has 2 aromatic rings. The molecule has 3 heteroatoms. The molecule has 0 amide bonds. The molecule has 1 N–H and O–H groups in total. The molecule has 1 aromatic heterocycles. The number of imidazole rings is 1. The fraction of sp³-hybridized carbons (Fsp3) is 0.423. The highest BCUT2D eigenvalue weighted by Crippen LogP contribution is 2.40. The summed E-state index contributed by atoms with van der Waals surface area (Å²) in [4.78, 5) is 4.42. The van der Waals surface area contributed by atoms with E-state index in [0.717, 1.165) is 30.9 Å². The first kappa shape index (κ1) is 24.5. The van der Waals surface area contributed by atoms with Crippen LogP contribution in [0.1, 0.15) is 65.4 Å². The summed E-state index contributed by atoms with van der Waals surface area (Å²) in [6, 6.07) is 6.65. The van der Waals surface area contributed by atoms with Crippen molar-refractivity contribution in [3.05, 3.63) is 78.8 Å². The average Bonchev–Trinajstić information content (AvgIpc) is 3.55. The van der Waals surface area contributed by atoms with Crippen molar-refractivity contribution >= 4 is 11.0 Å². The number of aromatic nitrogens is 2. The van der Waals surface area contributed by atoms with E-state index in [2.05, 4.69) is 79.1 Å². The van der Waals surface area contributed by atoms with Crippen molar-refractivity contribution in [3.8, 4) is 0 Å². The lowest BCUT2D eigenvalue weighted by Gasteiger charge is -2.09. The smallest absolute Gasteiger partial charge is 0.0961 e. The molecule has 1 heterocycles. The van der Waals surface area contributed by atoms with Crippen molar-refractivity contribution in [2.45, 2.75) is 66.3 Å². The lowest BCUT2D eigenvalue weighted by atomic mass is 10.0. The molecule has 0 radical (unpaired) electrons. The van der Waals surface area contributed by atoms with E-state index < -0.39 is 0 Å². The van der Waals surface area contributed by atoms with Crippen LogP contribution < -0.4 is 5.32 Å². The Morgan fingerprint density at radius 2 is 1.86 bits per heavy atom. The quantitative estimate of drug-likeness (QED) is 0.381. The second-order valence-electron chi connectivity index (χ2n) is 6.77. The third-order valence-electron chi connectivity index (χ3n) is 4.95. The van der Waals surface area contributed by atoms with Crippen LogP contribution in [0.3, 0.4) is 0 Å². The molecule has 1 saturated carbocycles. The van der Waals surface area contributed by atoms with Crippen molar-refractivity contribution < 1.29 is 0 Å². The lowest BCUT2D eigenvalue weighted by molar-refractivity contribution is 0.851. The minimum absolute atomic E-state index is 0.805. The summed E-state index contributed by atoms with van der Waals surface area (Å²) < 4.78 is 2.12. The molecular formula is C26H39N3. The van der Waals surface area contributed by atoms with Crippen LogP contribution in [0.5, 0.6) is 0 Å². The van der Waals surface area contributed by atoms with E-state index >= 15 is 0 Å². The first-order valence-corrected chi connectivity index (χ1v) is 10.9. The van der Waals surface area contributed by atoms with Crippen LogP contribution in [0, 0.1) is 0 Å². The predicted molar refractivity (Wildman–Crippen MR) is 129 cm³/mol. The van der Waals surface area contributed by atoms with Crippen LogP contribution in [0.25, 0.3) is 11.0 Å². The third kappa shape index (κ3) is 7.41. The number of allylic oxidation sites excluding steroid dienone is 3. The Morgan fingerprint density at radius 1 is 1.17 bits per heavy atom. The minimum atomic E-state index is 0.805. The van der Waals surface area contributed by atoms with Gasteiger partial charge in [-0.1, -0.05) is 51.6 Å². The fourth-order valence-electron chi connectivity index (χ4n) is 3.24. The molecule has 0 spiro atoms. The number of nitrogens with one attached hydrogen (secondary N) is 1. The van der Waals surface area contributed by atoms with Gasteiger partial charge < -0.3 is 9.88 Å². The van der Waals surface area contributed by atoms with Crippen LogP contribution >= 0.6 is 0 Å². The molecule has 0 aliphatic heterocycles. The van der Waals surface area contributed by atoms with Gasteiger partial charge in [-0.3, -0.25) is 0 Å². The summed E-state index contributed by atoms with van der Waals surface area (Å²) in [5.74, 6) is 0.805. The highest BCUT2D eigenvalue weighted by Gasteiger charge is 2.23. The Hall–Kier alpha value is -2.55. The zero-order valence-corrected chi connectivity index (χ0v) is 19.0.